The molecule has 0 aliphatic carbocycles. The van der Waals surface area contributed by atoms with Crippen LogP contribution < -0.4 is 5.56 Å². The van der Waals surface area contributed by atoms with Crippen LogP contribution in [0.2, 0.25) is 5.02 Å². The van der Waals surface area contributed by atoms with Crippen LogP contribution in [0.25, 0.3) is 11.1 Å². The number of aryl methyl sites for hydroxylation is 2. The Morgan fingerprint density at radius 3 is 2.90 bits per heavy atom. The maximum atomic E-state index is 12.5. The minimum Gasteiger partial charge on any atom is -0.443 e. The highest BCUT2D eigenvalue weighted by molar-refractivity contribution is 6.30. The van der Waals surface area contributed by atoms with Gasteiger partial charge in [-0.2, -0.15) is 0 Å². The third kappa shape index (κ3) is 2.12. The quantitative estimate of drug-likeness (QED) is 0.727. The van der Waals surface area contributed by atoms with E-state index < -0.39 is 0 Å². The predicted molar refractivity (Wildman–Crippen MR) is 78.3 cm³/mol. The molecule has 0 unspecified atom stereocenters. The van der Waals surface area contributed by atoms with Gasteiger partial charge in [-0.15, -0.1) is 0 Å². The highest BCUT2D eigenvalue weighted by atomic mass is 35.5. The number of nitrogens with zero attached hydrogens (tertiary/aromatic N) is 2. The van der Waals surface area contributed by atoms with Gasteiger partial charge in [-0.25, -0.2) is 4.98 Å². The Balaban J connectivity index is 2.11. The van der Waals surface area contributed by atoms with Gasteiger partial charge in [0.1, 0.15) is 17.5 Å². The molecule has 3 aromatic rings. The van der Waals surface area contributed by atoms with E-state index in [1.807, 2.05) is 32.0 Å². The molecule has 0 radical (unpaired) electrons. The van der Waals surface area contributed by atoms with E-state index in [2.05, 4.69) is 4.98 Å². The molecule has 0 atom stereocenters. The zero-order valence-corrected chi connectivity index (χ0v) is 11.9. The first kappa shape index (κ1) is 12.9. The van der Waals surface area contributed by atoms with Gasteiger partial charge in [-0.05, 0) is 31.5 Å². The van der Waals surface area contributed by atoms with Crippen molar-refractivity contribution in [1.29, 1.82) is 0 Å². The molecule has 0 fully saturated rings. The SMILES string of the molecule is Cc1oc2ncn(Cc3cccc(Cl)c3)c(=O)c2c1C. The summed E-state index contributed by atoms with van der Waals surface area (Å²) in [5, 5.41) is 1.20. The third-order valence-corrected chi connectivity index (χ3v) is 3.63. The molecule has 1 aromatic carbocycles. The molecular weight excluding hydrogens is 276 g/mol. The normalized spacial score (nSPS) is 11.2. The van der Waals surface area contributed by atoms with E-state index in [9.17, 15) is 4.79 Å². The highest BCUT2D eigenvalue weighted by Gasteiger charge is 2.13. The smallest absolute Gasteiger partial charge is 0.265 e. The van der Waals surface area contributed by atoms with Gasteiger partial charge < -0.3 is 4.42 Å². The van der Waals surface area contributed by atoms with Crippen LogP contribution in [-0.2, 0) is 6.54 Å². The summed E-state index contributed by atoms with van der Waals surface area (Å²) in [6, 6.07) is 7.43. The second-order valence-electron chi connectivity index (χ2n) is 4.77. The summed E-state index contributed by atoms with van der Waals surface area (Å²) in [5.74, 6) is 0.727. The lowest BCUT2D eigenvalue weighted by atomic mass is 10.2. The Morgan fingerprint density at radius 1 is 1.35 bits per heavy atom. The van der Waals surface area contributed by atoms with Gasteiger partial charge in [-0.3, -0.25) is 9.36 Å². The van der Waals surface area contributed by atoms with Crippen LogP contribution >= 0.6 is 11.6 Å². The Bertz CT molecular complexity index is 849. The minimum atomic E-state index is -0.0932. The van der Waals surface area contributed by atoms with Gasteiger partial charge in [-0.1, -0.05) is 23.7 Å². The van der Waals surface area contributed by atoms with Crippen LogP contribution in [-0.4, -0.2) is 9.55 Å². The van der Waals surface area contributed by atoms with Crippen LogP contribution in [0.5, 0.6) is 0 Å². The van der Waals surface area contributed by atoms with E-state index in [1.54, 1.807) is 10.6 Å². The number of aromatic nitrogens is 2. The van der Waals surface area contributed by atoms with Crippen molar-refractivity contribution in [2.75, 3.05) is 0 Å². The molecule has 0 bridgehead atoms. The fraction of sp³-hybridized carbons (Fsp3) is 0.200. The van der Waals surface area contributed by atoms with Crippen molar-refractivity contribution < 1.29 is 4.42 Å². The van der Waals surface area contributed by atoms with Crippen molar-refractivity contribution in [3.63, 3.8) is 0 Å². The molecule has 102 valence electrons. The van der Waals surface area contributed by atoms with Gasteiger partial charge in [0.2, 0.25) is 5.71 Å². The zero-order valence-electron chi connectivity index (χ0n) is 11.2. The zero-order chi connectivity index (χ0) is 14.3. The Labute approximate surface area is 120 Å². The van der Waals surface area contributed by atoms with Gasteiger partial charge in [0.05, 0.1) is 6.54 Å². The summed E-state index contributed by atoms with van der Waals surface area (Å²) < 4.78 is 7.02. The molecule has 20 heavy (non-hydrogen) atoms. The van der Waals surface area contributed by atoms with Crippen LogP contribution in [0, 0.1) is 13.8 Å². The molecule has 2 heterocycles. The fourth-order valence-corrected chi connectivity index (χ4v) is 2.43. The standard InChI is InChI=1S/C15H13ClN2O2/c1-9-10(2)20-14-13(9)15(19)18(8-17-14)7-11-4-3-5-12(16)6-11/h3-6,8H,7H2,1-2H3. The van der Waals surface area contributed by atoms with Crippen molar-refractivity contribution in [1.82, 2.24) is 9.55 Å². The highest BCUT2D eigenvalue weighted by Crippen LogP contribution is 2.19. The number of hydrogen-bond acceptors (Lipinski definition) is 3. The topological polar surface area (TPSA) is 48.0 Å². The first-order valence-corrected chi connectivity index (χ1v) is 6.63. The second-order valence-corrected chi connectivity index (χ2v) is 5.21. The molecule has 0 N–H and O–H groups in total. The minimum absolute atomic E-state index is 0.0932. The third-order valence-electron chi connectivity index (χ3n) is 3.40. The van der Waals surface area contributed by atoms with E-state index in [0.717, 1.165) is 16.9 Å². The molecule has 4 nitrogen and oxygen atoms in total. The first-order valence-electron chi connectivity index (χ1n) is 6.26. The molecule has 0 aliphatic rings. The Hall–Kier alpha value is -2.07. The lowest BCUT2D eigenvalue weighted by Gasteiger charge is -2.05. The van der Waals surface area contributed by atoms with Crippen molar-refractivity contribution in [3.05, 3.63) is 62.9 Å². The van der Waals surface area contributed by atoms with E-state index in [0.29, 0.717) is 22.7 Å². The molecule has 3 rings (SSSR count). The average Bonchev–Trinajstić information content (AvgIpc) is 2.69. The predicted octanol–water partition coefficient (Wildman–Crippen LogP) is 3.31. The van der Waals surface area contributed by atoms with E-state index >= 15 is 0 Å². The molecule has 0 saturated heterocycles. The van der Waals surface area contributed by atoms with Gasteiger partial charge in [0.25, 0.3) is 5.56 Å². The molecule has 0 aliphatic heterocycles. The van der Waals surface area contributed by atoms with Crippen LogP contribution in [0.4, 0.5) is 0 Å². The summed E-state index contributed by atoms with van der Waals surface area (Å²) in [6.45, 7) is 4.14. The maximum Gasteiger partial charge on any atom is 0.265 e. The first-order chi connectivity index (χ1) is 9.56. The van der Waals surface area contributed by atoms with Crippen molar-refractivity contribution in [2.45, 2.75) is 20.4 Å². The summed E-state index contributed by atoms with van der Waals surface area (Å²) in [7, 11) is 0. The Morgan fingerprint density at radius 2 is 2.15 bits per heavy atom. The summed E-state index contributed by atoms with van der Waals surface area (Å²) in [5.41, 5.74) is 2.10. The molecule has 0 saturated carbocycles. The summed E-state index contributed by atoms with van der Waals surface area (Å²) in [4.78, 5) is 16.7. The summed E-state index contributed by atoms with van der Waals surface area (Å²) in [6.07, 6.45) is 1.51. The van der Waals surface area contributed by atoms with Gasteiger partial charge in [0, 0.05) is 10.6 Å². The molecule has 0 amide bonds. The monoisotopic (exact) mass is 288 g/mol. The lowest BCUT2D eigenvalue weighted by Crippen LogP contribution is -2.21. The Kier molecular flexibility index (Phi) is 3.10. The largest absolute Gasteiger partial charge is 0.443 e. The van der Waals surface area contributed by atoms with E-state index in [1.165, 1.54) is 6.33 Å². The van der Waals surface area contributed by atoms with Crippen molar-refractivity contribution in [3.8, 4) is 0 Å². The number of rotatable bonds is 2. The van der Waals surface area contributed by atoms with E-state index in [4.69, 9.17) is 16.0 Å². The summed E-state index contributed by atoms with van der Waals surface area (Å²) >= 11 is 5.96. The maximum absolute atomic E-state index is 12.5. The number of benzene rings is 1. The van der Waals surface area contributed by atoms with Crippen LogP contribution in [0.15, 0.2) is 39.8 Å². The number of hydrogen-bond donors (Lipinski definition) is 0. The van der Waals surface area contributed by atoms with Crippen molar-refractivity contribution >= 4 is 22.7 Å². The number of fused-ring (bicyclic) bond motifs is 1. The van der Waals surface area contributed by atoms with Gasteiger partial charge >= 0.3 is 0 Å². The average molecular weight is 289 g/mol. The van der Waals surface area contributed by atoms with Gasteiger partial charge in [0.15, 0.2) is 0 Å². The van der Waals surface area contributed by atoms with Crippen molar-refractivity contribution in [2.24, 2.45) is 0 Å². The molecule has 0 spiro atoms. The lowest BCUT2D eigenvalue weighted by molar-refractivity contribution is 0.561. The fourth-order valence-electron chi connectivity index (χ4n) is 2.21. The van der Waals surface area contributed by atoms with E-state index in [-0.39, 0.29) is 5.56 Å². The molecule has 5 heteroatoms. The molecular formula is C15H13ClN2O2. The molecule has 2 aromatic heterocycles. The van der Waals surface area contributed by atoms with Crippen LogP contribution in [0.3, 0.4) is 0 Å². The second kappa shape index (κ2) is 4.80. The number of halogens is 1. The number of furan rings is 1. The van der Waals surface area contributed by atoms with Crippen LogP contribution in [0.1, 0.15) is 16.9 Å².